The van der Waals surface area contributed by atoms with Gasteiger partial charge in [-0.2, -0.15) is 0 Å². The minimum atomic E-state index is 0.140. The Morgan fingerprint density at radius 1 is 0.862 bits per heavy atom. The maximum Gasteiger partial charge on any atom is 0.161 e. The second-order valence-corrected chi connectivity index (χ2v) is 8.42. The molecule has 0 fully saturated rings. The first-order valence-corrected chi connectivity index (χ1v) is 10.2. The second kappa shape index (κ2) is 8.04. The maximum atomic E-state index is 4.83. The van der Waals surface area contributed by atoms with E-state index in [1.807, 2.05) is 12.1 Å². The molecule has 0 radical (unpaired) electrons. The second-order valence-electron chi connectivity index (χ2n) is 8.42. The molecule has 4 aromatic rings. The number of benzene rings is 2. The maximum absolute atomic E-state index is 4.83. The van der Waals surface area contributed by atoms with Gasteiger partial charge in [0.05, 0.1) is 0 Å². The van der Waals surface area contributed by atoms with Crippen molar-refractivity contribution in [2.45, 2.75) is 32.6 Å². The highest BCUT2D eigenvalue weighted by atomic mass is 15.0. The van der Waals surface area contributed by atoms with E-state index in [0.29, 0.717) is 0 Å². The predicted octanol–water partition coefficient (Wildman–Crippen LogP) is 6.25. The molecule has 0 unspecified atom stereocenters. The Balaban J connectivity index is 1.66. The van der Waals surface area contributed by atoms with Gasteiger partial charge in [0.15, 0.2) is 5.65 Å². The quantitative estimate of drug-likeness (QED) is 0.444. The lowest BCUT2D eigenvalue weighted by atomic mass is 9.86. The molecule has 0 aliphatic heterocycles. The van der Waals surface area contributed by atoms with Gasteiger partial charge in [0.2, 0.25) is 0 Å². The van der Waals surface area contributed by atoms with Crippen LogP contribution in [-0.2, 0) is 11.8 Å². The number of fused-ring (bicyclic) bond motifs is 1. The molecule has 2 heterocycles. The Labute approximate surface area is 172 Å². The van der Waals surface area contributed by atoms with Crippen LogP contribution in [0.3, 0.4) is 0 Å². The fourth-order valence-corrected chi connectivity index (χ4v) is 3.48. The SMILES string of the molecule is CC(C)(C)c1ccc(-c2cc3cccnc3nc2NCCc2ccccc2)cc1. The van der Waals surface area contributed by atoms with E-state index in [9.17, 15) is 0 Å². The van der Waals surface area contributed by atoms with Gasteiger partial charge in [-0.25, -0.2) is 9.97 Å². The van der Waals surface area contributed by atoms with Crippen LogP contribution in [0.5, 0.6) is 0 Å². The van der Waals surface area contributed by atoms with Crippen LogP contribution >= 0.6 is 0 Å². The summed E-state index contributed by atoms with van der Waals surface area (Å²) in [6.45, 7) is 7.54. The highest BCUT2D eigenvalue weighted by molar-refractivity contribution is 5.87. The molecule has 2 aromatic heterocycles. The predicted molar refractivity (Wildman–Crippen MR) is 122 cm³/mol. The normalized spacial score (nSPS) is 11.6. The monoisotopic (exact) mass is 381 g/mol. The fraction of sp³-hybridized carbons (Fsp3) is 0.231. The number of hydrogen-bond acceptors (Lipinski definition) is 3. The molecule has 146 valence electrons. The van der Waals surface area contributed by atoms with Crippen LogP contribution in [0.2, 0.25) is 0 Å². The first kappa shape index (κ1) is 19.1. The summed E-state index contributed by atoms with van der Waals surface area (Å²) in [6.07, 6.45) is 2.74. The summed E-state index contributed by atoms with van der Waals surface area (Å²) in [4.78, 5) is 9.27. The molecule has 0 bridgehead atoms. The van der Waals surface area contributed by atoms with Crippen molar-refractivity contribution in [2.75, 3.05) is 11.9 Å². The number of hydrogen-bond donors (Lipinski definition) is 1. The third kappa shape index (κ3) is 4.45. The average molecular weight is 382 g/mol. The first-order valence-electron chi connectivity index (χ1n) is 10.2. The van der Waals surface area contributed by atoms with Crippen LogP contribution in [0.15, 0.2) is 79.0 Å². The number of pyridine rings is 2. The van der Waals surface area contributed by atoms with Crippen LogP contribution in [0.25, 0.3) is 22.2 Å². The lowest BCUT2D eigenvalue weighted by Crippen LogP contribution is -2.10. The molecule has 0 atom stereocenters. The molecule has 0 amide bonds. The summed E-state index contributed by atoms with van der Waals surface area (Å²) in [7, 11) is 0. The van der Waals surface area contributed by atoms with E-state index in [1.54, 1.807) is 6.20 Å². The van der Waals surface area contributed by atoms with E-state index in [4.69, 9.17) is 4.98 Å². The van der Waals surface area contributed by atoms with E-state index < -0.39 is 0 Å². The molecule has 0 spiro atoms. The first-order chi connectivity index (χ1) is 14.0. The van der Waals surface area contributed by atoms with Crippen molar-refractivity contribution in [1.29, 1.82) is 0 Å². The van der Waals surface area contributed by atoms with Crippen molar-refractivity contribution in [3.05, 3.63) is 90.1 Å². The van der Waals surface area contributed by atoms with Crippen molar-refractivity contribution in [2.24, 2.45) is 0 Å². The smallest absolute Gasteiger partial charge is 0.161 e. The summed E-state index contributed by atoms with van der Waals surface area (Å²) < 4.78 is 0. The number of rotatable bonds is 5. The number of nitrogens with zero attached hydrogens (tertiary/aromatic N) is 2. The zero-order valence-electron chi connectivity index (χ0n) is 17.3. The Kier molecular flexibility index (Phi) is 5.30. The van der Waals surface area contributed by atoms with Gasteiger partial charge in [0.25, 0.3) is 0 Å². The van der Waals surface area contributed by atoms with Crippen LogP contribution in [0.4, 0.5) is 5.82 Å². The average Bonchev–Trinajstić information content (AvgIpc) is 2.73. The van der Waals surface area contributed by atoms with E-state index in [-0.39, 0.29) is 5.41 Å². The van der Waals surface area contributed by atoms with E-state index in [2.05, 4.69) is 91.7 Å². The minimum absolute atomic E-state index is 0.140. The van der Waals surface area contributed by atoms with Gasteiger partial charge < -0.3 is 5.32 Å². The van der Waals surface area contributed by atoms with E-state index in [1.165, 1.54) is 16.7 Å². The van der Waals surface area contributed by atoms with Crippen LogP contribution in [0.1, 0.15) is 31.9 Å². The molecule has 0 aliphatic rings. The summed E-state index contributed by atoms with van der Waals surface area (Å²) >= 11 is 0. The fourth-order valence-electron chi connectivity index (χ4n) is 3.48. The van der Waals surface area contributed by atoms with E-state index in [0.717, 1.165) is 35.4 Å². The lowest BCUT2D eigenvalue weighted by molar-refractivity contribution is 0.590. The van der Waals surface area contributed by atoms with Gasteiger partial charge in [0.1, 0.15) is 5.82 Å². The van der Waals surface area contributed by atoms with Crippen LogP contribution in [-0.4, -0.2) is 16.5 Å². The molecule has 3 heteroatoms. The summed E-state index contributed by atoms with van der Waals surface area (Å²) in [5.41, 5.74) is 5.83. The number of nitrogens with one attached hydrogen (secondary N) is 1. The molecule has 0 saturated carbocycles. The Bertz CT molecular complexity index is 1090. The topological polar surface area (TPSA) is 37.8 Å². The van der Waals surface area contributed by atoms with Crippen molar-refractivity contribution < 1.29 is 0 Å². The van der Waals surface area contributed by atoms with Gasteiger partial charge >= 0.3 is 0 Å². The van der Waals surface area contributed by atoms with Crippen molar-refractivity contribution >= 4 is 16.9 Å². The molecule has 0 saturated heterocycles. The van der Waals surface area contributed by atoms with Crippen molar-refractivity contribution in [1.82, 2.24) is 9.97 Å². The third-order valence-corrected chi connectivity index (χ3v) is 5.20. The van der Waals surface area contributed by atoms with Crippen molar-refractivity contribution in [3.8, 4) is 11.1 Å². The van der Waals surface area contributed by atoms with Gasteiger partial charge in [-0.3, -0.25) is 0 Å². The van der Waals surface area contributed by atoms with Crippen LogP contribution in [0, 0.1) is 0 Å². The summed E-state index contributed by atoms with van der Waals surface area (Å²) in [5.74, 6) is 0.885. The van der Waals surface area contributed by atoms with Gasteiger partial charge in [-0.05, 0) is 46.7 Å². The molecule has 3 nitrogen and oxygen atoms in total. The van der Waals surface area contributed by atoms with Gasteiger partial charge in [-0.1, -0.05) is 75.4 Å². The lowest BCUT2D eigenvalue weighted by Gasteiger charge is -2.19. The Morgan fingerprint density at radius 2 is 1.62 bits per heavy atom. The molecular weight excluding hydrogens is 354 g/mol. The molecule has 0 aliphatic carbocycles. The van der Waals surface area contributed by atoms with Gasteiger partial charge in [-0.15, -0.1) is 0 Å². The molecular formula is C26H27N3. The van der Waals surface area contributed by atoms with Gasteiger partial charge in [0, 0.05) is 23.7 Å². The van der Waals surface area contributed by atoms with Crippen LogP contribution < -0.4 is 5.32 Å². The molecule has 4 rings (SSSR count). The molecule has 1 N–H and O–H groups in total. The van der Waals surface area contributed by atoms with E-state index >= 15 is 0 Å². The molecule has 29 heavy (non-hydrogen) atoms. The number of anilines is 1. The Hall–Kier alpha value is -3.20. The minimum Gasteiger partial charge on any atom is -0.369 e. The third-order valence-electron chi connectivity index (χ3n) is 5.20. The number of aromatic nitrogens is 2. The van der Waals surface area contributed by atoms with Crippen molar-refractivity contribution in [3.63, 3.8) is 0 Å². The summed E-state index contributed by atoms with van der Waals surface area (Å²) in [5, 5.41) is 4.60. The molecule has 2 aromatic carbocycles. The zero-order valence-corrected chi connectivity index (χ0v) is 17.3. The Morgan fingerprint density at radius 3 is 2.34 bits per heavy atom. The highest BCUT2D eigenvalue weighted by Gasteiger charge is 2.15. The standard InChI is InChI=1S/C26H27N3/c1-26(2,3)22-13-11-20(12-14-22)23-18-21-10-7-16-27-24(21)29-25(23)28-17-15-19-8-5-4-6-9-19/h4-14,16,18H,15,17H2,1-3H3,(H,27,28,29). The zero-order chi connectivity index (χ0) is 20.3. The largest absolute Gasteiger partial charge is 0.369 e. The highest BCUT2D eigenvalue weighted by Crippen LogP contribution is 2.31. The summed E-state index contributed by atoms with van der Waals surface area (Å²) in [6, 6.07) is 25.6.